The fourth-order valence-electron chi connectivity index (χ4n) is 11.2. The molecular weight excluding hydrogens is 1260 g/mol. The number of nitrogens with zero attached hydrogens (tertiary/aromatic N) is 2. The normalized spacial score (nSPS) is 24.5. The van der Waals surface area contributed by atoms with Crippen molar-refractivity contribution in [1.82, 2.24) is 62.6 Å². The lowest BCUT2D eigenvalue weighted by Gasteiger charge is -2.32. The highest BCUT2D eigenvalue weighted by molar-refractivity contribution is 7.99. The van der Waals surface area contributed by atoms with Crippen molar-refractivity contribution in [3.63, 3.8) is 0 Å². The van der Waals surface area contributed by atoms with Gasteiger partial charge in [-0.2, -0.15) is 0 Å². The Morgan fingerprint density at radius 3 is 2.09 bits per heavy atom. The molecule has 0 radical (unpaired) electrons. The largest absolute Gasteiger partial charge is 0.489 e. The van der Waals surface area contributed by atoms with Gasteiger partial charge in [-0.1, -0.05) is 60.1 Å². The van der Waals surface area contributed by atoms with Crippen LogP contribution in [-0.2, 0) is 80.2 Å². The Morgan fingerprint density at radius 1 is 0.768 bits per heavy atom. The lowest BCUT2D eigenvalue weighted by molar-refractivity contribution is -0.144. The van der Waals surface area contributed by atoms with Crippen molar-refractivity contribution < 1.29 is 87.2 Å². The van der Waals surface area contributed by atoms with E-state index in [1.807, 2.05) is 0 Å². The van der Waals surface area contributed by atoms with Crippen LogP contribution in [0.2, 0.25) is 0 Å². The van der Waals surface area contributed by atoms with Gasteiger partial charge in [0, 0.05) is 73.5 Å². The summed E-state index contributed by atoms with van der Waals surface area (Å²) in [6, 6.07) is -0.349. The maximum absolute atomic E-state index is 14.8. The SMILES string of the molecule is CC[C@H](C)[C@@H]1NC(=O)CNC(=O)[C@H]2Cc3c([nH]c4cc(OCc5ccc(NC(=O)[C@@H](C)NC(=O)[C@@H](NC(=O)CCN6C(=O)CC(C)C6=O)C(C)C)cc5)ccc34)SC[C@H](NC(=O)CNC1=O)C(=O)N[C@H](CC(N)=O)C(=O)N1C[C@H](O)C[C@H]1C(=O)N[C@@H]([C@@H](C)[C@@H](O)CO)C(=O)N2. The molecule has 13 atom stereocenters. The maximum atomic E-state index is 14.8. The molecule has 0 spiro atoms. The van der Waals surface area contributed by atoms with Gasteiger partial charge in [0.05, 0.1) is 48.9 Å². The average molecular weight is 1350 g/mol. The molecule has 0 aliphatic carbocycles. The van der Waals surface area contributed by atoms with Gasteiger partial charge in [0.25, 0.3) is 0 Å². The zero-order valence-corrected chi connectivity index (χ0v) is 54.5. The topological polar surface area (TPSA) is 477 Å². The maximum Gasteiger partial charge on any atom is 0.246 e. The lowest BCUT2D eigenvalue weighted by atomic mass is 9.93. The number of imide groups is 1. The number of nitrogens with one attached hydrogen (secondary N) is 11. The molecule has 2 aromatic carbocycles. The number of aliphatic hydroxyl groups excluding tert-OH is 3. The number of carbonyl (C=O) groups is 14. The van der Waals surface area contributed by atoms with E-state index in [2.05, 4.69) is 58.2 Å². The van der Waals surface area contributed by atoms with Gasteiger partial charge in [-0.05, 0) is 54.2 Å². The van der Waals surface area contributed by atoms with E-state index in [4.69, 9.17) is 10.5 Å². The number of likely N-dealkylation sites (tertiary alicyclic amines) is 1. The number of rotatable bonds is 19. The van der Waals surface area contributed by atoms with Crippen LogP contribution in [0.3, 0.4) is 0 Å². The third kappa shape index (κ3) is 19.0. The minimum Gasteiger partial charge on any atom is -0.489 e. The second-order valence-corrected chi connectivity index (χ2v) is 25.7. The van der Waals surface area contributed by atoms with Crippen molar-refractivity contribution in [2.75, 3.05) is 43.9 Å². The summed E-state index contributed by atoms with van der Waals surface area (Å²) in [7, 11) is 0. The fraction of sp³-hybridized carbons (Fsp3) is 0.548. The molecule has 3 aromatic rings. The third-order valence-electron chi connectivity index (χ3n) is 17.0. The molecule has 33 heteroatoms. The Hall–Kier alpha value is -9.21. The number of hydrogen-bond donors (Lipinski definition) is 15. The van der Waals surface area contributed by atoms with Crippen LogP contribution in [0.1, 0.15) is 91.7 Å². The number of aliphatic hydroxyl groups is 3. The van der Waals surface area contributed by atoms with Crippen LogP contribution in [0.5, 0.6) is 5.75 Å². The number of thioether (sulfide) groups is 1. The smallest absolute Gasteiger partial charge is 0.246 e. The number of nitrogens with two attached hydrogens (primary N) is 1. The van der Waals surface area contributed by atoms with E-state index in [0.717, 1.165) is 21.6 Å². The van der Waals surface area contributed by atoms with Crippen LogP contribution in [0.25, 0.3) is 10.9 Å². The molecule has 2 bridgehead atoms. The minimum atomic E-state index is -1.81. The zero-order valence-electron chi connectivity index (χ0n) is 53.7. The summed E-state index contributed by atoms with van der Waals surface area (Å²) >= 11 is 0.935. The molecule has 16 N–H and O–H groups in total. The zero-order chi connectivity index (χ0) is 69.7. The molecule has 5 heterocycles. The number of carbonyl (C=O) groups excluding carboxylic acids is 14. The molecule has 2 saturated heterocycles. The van der Waals surface area contributed by atoms with E-state index in [0.29, 0.717) is 39.9 Å². The van der Waals surface area contributed by atoms with Gasteiger partial charge in [0.1, 0.15) is 60.7 Å². The summed E-state index contributed by atoms with van der Waals surface area (Å²) in [5.74, 6) is -14.1. The predicted octanol–water partition coefficient (Wildman–Crippen LogP) is -3.69. The summed E-state index contributed by atoms with van der Waals surface area (Å²) in [5, 5.41) is 58.3. The highest BCUT2D eigenvalue weighted by Crippen LogP contribution is 2.34. The molecule has 14 amide bonds. The summed E-state index contributed by atoms with van der Waals surface area (Å²) < 4.78 is 6.22. The molecule has 4 aliphatic rings. The van der Waals surface area contributed by atoms with E-state index < -0.39 is 201 Å². The molecule has 95 heavy (non-hydrogen) atoms. The Morgan fingerprint density at radius 2 is 1.45 bits per heavy atom. The summed E-state index contributed by atoms with van der Waals surface area (Å²) in [5.41, 5.74) is 7.28. The van der Waals surface area contributed by atoms with Crippen molar-refractivity contribution in [2.24, 2.45) is 29.4 Å². The van der Waals surface area contributed by atoms with Gasteiger partial charge in [-0.15, -0.1) is 11.8 Å². The first-order valence-electron chi connectivity index (χ1n) is 31.3. The van der Waals surface area contributed by atoms with Gasteiger partial charge < -0.3 is 88.8 Å². The first-order valence-corrected chi connectivity index (χ1v) is 32.3. The number of primary amides is 1. The van der Waals surface area contributed by atoms with Crippen LogP contribution in [0.4, 0.5) is 5.69 Å². The van der Waals surface area contributed by atoms with E-state index in [9.17, 15) is 82.4 Å². The molecule has 516 valence electrons. The van der Waals surface area contributed by atoms with Crippen LogP contribution in [0.15, 0.2) is 47.5 Å². The molecule has 1 unspecified atom stereocenters. The van der Waals surface area contributed by atoms with E-state index in [1.54, 1.807) is 77.1 Å². The Kier molecular flexibility index (Phi) is 25.2. The second-order valence-electron chi connectivity index (χ2n) is 24.7. The van der Waals surface area contributed by atoms with E-state index in [1.165, 1.54) is 13.8 Å². The summed E-state index contributed by atoms with van der Waals surface area (Å²) in [6.07, 6.45) is -4.45. The van der Waals surface area contributed by atoms with Crippen LogP contribution < -0.4 is 63.6 Å². The molecule has 4 aliphatic heterocycles. The van der Waals surface area contributed by atoms with Gasteiger partial charge in [0.2, 0.25) is 82.7 Å². The molecule has 0 saturated carbocycles. The number of hydrogen-bond acceptors (Lipinski definition) is 19. The number of aromatic nitrogens is 1. The first-order chi connectivity index (χ1) is 45.0. The number of amides is 14. The number of aromatic amines is 1. The number of H-pyrrole nitrogens is 1. The Labute approximate surface area is 550 Å². The average Bonchev–Trinajstić information content (AvgIpc) is 1.66. The predicted molar refractivity (Wildman–Crippen MR) is 339 cm³/mol. The fourth-order valence-corrected chi connectivity index (χ4v) is 12.3. The van der Waals surface area contributed by atoms with Gasteiger partial charge in [-0.3, -0.25) is 72.0 Å². The Bertz CT molecular complexity index is 3440. The standard InChI is InChI=1S/C62H84N14O18S/c1-8-29(4)51-57(89)65-22-47(82)68-42-27-95-60-38(20-40(54(86)64-23-48(83)73-51)69-59(91)52(31(6)44(79)25-77)74-56(88)43-18-35(78)24-76(43)62(93)41(21-45(63)80)70-55(42)87)37-14-13-36(19-39(37)71-60)94-26-33-9-11-34(12-10-33)67-53(85)32(7)66-58(90)50(28(2)3)72-46(81)15-16-75-49(84)17-30(5)61(75)92/h9-14,19,28-32,35,40-44,50-52,71,77-79H,8,15-18,20-27H2,1-7H3,(H2,63,80)(H,64,86)(H,65,89)(H,66,90)(H,67,85)(H,68,82)(H,69,91)(H,70,87)(H,72,81)(H,73,83)(H,74,88)/t29-,30?,31-,32+,35+,40+,41+,42-,43-,44-,50-,51-,52-/m0/s1. The highest BCUT2D eigenvalue weighted by Gasteiger charge is 2.45. The van der Waals surface area contributed by atoms with Crippen LogP contribution in [-0.4, -0.2) is 212 Å². The molecule has 7 rings (SSSR count). The van der Waals surface area contributed by atoms with Gasteiger partial charge in [0.15, 0.2) is 0 Å². The number of anilines is 1. The Balaban J connectivity index is 1.17. The van der Waals surface area contributed by atoms with Gasteiger partial charge in [-0.25, -0.2) is 0 Å². The monoisotopic (exact) mass is 1340 g/mol. The van der Waals surface area contributed by atoms with Gasteiger partial charge >= 0.3 is 0 Å². The van der Waals surface area contributed by atoms with E-state index in [-0.39, 0.29) is 48.6 Å². The third-order valence-corrected chi connectivity index (χ3v) is 18.2. The number of ether oxygens (including phenoxy) is 1. The summed E-state index contributed by atoms with van der Waals surface area (Å²) in [4.78, 5) is 196. The molecular formula is C62H84N14O18S. The van der Waals surface area contributed by atoms with Crippen molar-refractivity contribution in [2.45, 2.75) is 159 Å². The summed E-state index contributed by atoms with van der Waals surface area (Å²) in [6.45, 7) is 8.21. The quantitative estimate of drug-likeness (QED) is 0.0514. The highest BCUT2D eigenvalue weighted by atomic mass is 32.2. The van der Waals surface area contributed by atoms with Crippen molar-refractivity contribution in [1.29, 1.82) is 0 Å². The van der Waals surface area contributed by atoms with Crippen LogP contribution in [0, 0.1) is 23.7 Å². The van der Waals surface area contributed by atoms with Crippen molar-refractivity contribution in [3.05, 3.63) is 53.6 Å². The number of benzene rings is 2. The van der Waals surface area contributed by atoms with Crippen molar-refractivity contribution in [3.8, 4) is 5.75 Å². The van der Waals surface area contributed by atoms with E-state index >= 15 is 0 Å². The second kappa shape index (κ2) is 32.8. The lowest BCUT2D eigenvalue weighted by Crippen LogP contribution is -2.62. The molecule has 32 nitrogen and oxygen atoms in total. The van der Waals surface area contributed by atoms with Crippen molar-refractivity contribution >= 4 is 111 Å². The minimum absolute atomic E-state index is 0.0240. The van der Waals surface area contributed by atoms with Crippen LogP contribution >= 0.6 is 11.8 Å². The molecule has 2 fully saturated rings. The number of fused-ring (bicyclic) bond motifs is 5. The first kappa shape index (κ1) is 73.2. The molecule has 1 aromatic heterocycles.